The van der Waals surface area contributed by atoms with Crippen LogP contribution in [-0.2, 0) is 0 Å². The van der Waals surface area contributed by atoms with E-state index in [2.05, 4.69) is 4.74 Å². The first-order valence-corrected chi connectivity index (χ1v) is 5.29. The van der Waals surface area contributed by atoms with E-state index in [0.29, 0.717) is 0 Å². The largest absolute Gasteiger partial charge is 0.490 e. The molecule has 0 saturated heterocycles. The molecule has 0 aliphatic carbocycles. The summed E-state index contributed by atoms with van der Waals surface area (Å²) in [6.45, 7) is -1.45. The second-order valence-corrected chi connectivity index (χ2v) is 3.54. The fourth-order valence-electron chi connectivity index (χ4n) is 1.37. The van der Waals surface area contributed by atoms with Crippen molar-refractivity contribution in [1.29, 1.82) is 0 Å². The first kappa shape index (κ1) is 15.5. The third-order valence-corrected chi connectivity index (χ3v) is 2.20. The lowest BCUT2D eigenvalue weighted by molar-refractivity contribution is -0.149. The topological polar surface area (TPSA) is 44.5 Å². The molecule has 0 radical (unpaired) electrons. The molecule has 0 aliphatic heterocycles. The quantitative estimate of drug-likeness (QED) is 0.845. The number of ether oxygens (including phenoxy) is 2. The summed E-state index contributed by atoms with van der Waals surface area (Å²) in [5, 5.41) is 0. The maximum absolute atomic E-state index is 12.4. The molecule has 1 aromatic carbocycles. The molecule has 1 rings (SSSR count). The Morgan fingerprint density at radius 1 is 1.21 bits per heavy atom. The summed E-state index contributed by atoms with van der Waals surface area (Å²) in [6.07, 6.45) is -4.63. The zero-order valence-corrected chi connectivity index (χ0v) is 9.88. The third kappa shape index (κ3) is 4.23. The highest BCUT2D eigenvalue weighted by atomic mass is 19.4. The predicted molar refractivity (Wildman–Crippen MR) is 57.2 cm³/mol. The summed E-state index contributed by atoms with van der Waals surface area (Å²) in [7, 11) is 0. The van der Waals surface area contributed by atoms with Crippen LogP contribution >= 0.6 is 0 Å². The van der Waals surface area contributed by atoms with E-state index in [0.717, 1.165) is 18.2 Å². The van der Waals surface area contributed by atoms with Crippen LogP contribution in [0.4, 0.5) is 22.0 Å². The van der Waals surface area contributed by atoms with E-state index in [1.54, 1.807) is 6.92 Å². The van der Waals surface area contributed by atoms with Crippen LogP contribution in [0.15, 0.2) is 18.2 Å². The van der Waals surface area contributed by atoms with Gasteiger partial charge in [-0.15, -0.1) is 0 Å². The monoisotopic (exact) mass is 285 g/mol. The van der Waals surface area contributed by atoms with Crippen molar-refractivity contribution in [2.45, 2.75) is 25.8 Å². The van der Waals surface area contributed by atoms with Crippen molar-refractivity contribution in [2.75, 3.05) is 6.61 Å². The van der Waals surface area contributed by atoms with Gasteiger partial charge in [0.25, 0.3) is 0 Å². The average molecular weight is 285 g/mol. The lowest BCUT2D eigenvalue weighted by Gasteiger charge is -2.18. The van der Waals surface area contributed by atoms with Crippen LogP contribution in [0.2, 0.25) is 0 Å². The van der Waals surface area contributed by atoms with Gasteiger partial charge in [-0.3, -0.25) is 0 Å². The Morgan fingerprint density at radius 3 is 2.32 bits per heavy atom. The van der Waals surface area contributed by atoms with E-state index in [4.69, 9.17) is 10.5 Å². The minimum Gasteiger partial charge on any atom is -0.490 e. The maximum Gasteiger partial charge on any atom is 0.407 e. The number of rotatable bonds is 5. The van der Waals surface area contributed by atoms with Gasteiger partial charge in [0.05, 0.1) is 6.61 Å². The molecule has 2 N–H and O–H groups in total. The van der Waals surface area contributed by atoms with Crippen molar-refractivity contribution in [2.24, 2.45) is 5.73 Å². The lowest BCUT2D eigenvalue weighted by Crippen LogP contribution is -2.28. The van der Waals surface area contributed by atoms with E-state index >= 15 is 0 Å². The summed E-state index contributed by atoms with van der Waals surface area (Å²) in [5.74, 6) is -0.546. The minimum absolute atomic E-state index is 0.0876. The summed E-state index contributed by atoms with van der Waals surface area (Å²) < 4.78 is 70.6. The van der Waals surface area contributed by atoms with Crippen molar-refractivity contribution in [1.82, 2.24) is 0 Å². The molecule has 0 saturated carbocycles. The molecular formula is C11H12F5NO2. The molecule has 108 valence electrons. The first-order chi connectivity index (χ1) is 8.75. The van der Waals surface area contributed by atoms with Gasteiger partial charge in [0, 0.05) is 0 Å². The van der Waals surface area contributed by atoms with Crippen molar-refractivity contribution < 1.29 is 31.4 Å². The van der Waals surface area contributed by atoms with Crippen LogP contribution in [0.3, 0.4) is 0 Å². The van der Waals surface area contributed by atoms with Gasteiger partial charge in [-0.05, 0) is 24.6 Å². The zero-order valence-electron chi connectivity index (χ0n) is 9.88. The Hall–Kier alpha value is -1.57. The number of alkyl halides is 5. The fraction of sp³-hybridized carbons (Fsp3) is 0.455. The Morgan fingerprint density at radius 2 is 1.84 bits per heavy atom. The van der Waals surface area contributed by atoms with Crippen LogP contribution in [0.5, 0.6) is 11.5 Å². The molecule has 1 aromatic rings. The van der Waals surface area contributed by atoms with Gasteiger partial charge in [0.1, 0.15) is 6.04 Å². The molecule has 19 heavy (non-hydrogen) atoms. The van der Waals surface area contributed by atoms with Crippen molar-refractivity contribution in [3.05, 3.63) is 23.8 Å². The Balaban J connectivity index is 3.08. The van der Waals surface area contributed by atoms with E-state index in [-0.39, 0.29) is 23.7 Å². The van der Waals surface area contributed by atoms with Gasteiger partial charge in [-0.2, -0.15) is 22.0 Å². The Kier molecular flexibility index (Phi) is 4.93. The summed E-state index contributed by atoms with van der Waals surface area (Å²) in [4.78, 5) is 0. The van der Waals surface area contributed by atoms with Gasteiger partial charge in [-0.1, -0.05) is 6.07 Å². The van der Waals surface area contributed by atoms with Crippen LogP contribution in [0.25, 0.3) is 0 Å². The van der Waals surface area contributed by atoms with Crippen molar-refractivity contribution in [3.63, 3.8) is 0 Å². The van der Waals surface area contributed by atoms with Gasteiger partial charge in [-0.25, -0.2) is 0 Å². The second-order valence-electron chi connectivity index (χ2n) is 3.54. The van der Waals surface area contributed by atoms with E-state index in [1.165, 1.54) is 0 Å². The molecule has 1 atom stereocenters. The van der Waals surface area contributed by atoms with E-state index < -0.39 is 18.8 Å². The molecule has 0 spiro atoms. The Bertz CT molecular complexity index is 422. The number of nitrogens with two attached hydrogens (primary N) is 1. The fourth-order valence-corrected chi connectivity index (χ4v) is 1.37. The Labute approximate surface area is 106 Å². The third-order valence-electron chi connectivity index (χ3n) is 2.20. The molecule has 0 fully saturated rings. The molecule has 0 heterocycles. The summed E-state index contributed by atoms with van der Waals surface area (Å²) in [6, 6.07) is 0.669. The number of hydrogen-bond donors (Lipinski definition) is 1. The van der Waals surface area contributed by atoms with Crippen LogP contribution in [0, 0.1) is 0 Å². The second kappa shape index (κ2) is 6.05. The highest BCUT2D eigenvalue weighted by molar-refractivity contribution is 5.44. The highest BCUT2D eigenvalue weighted by Crippen LogP contribution is 2.36. The lowest BCUT2D eigenvalue weighted by atomic mass is 10.1. The molecule has 0 aliphatic rings. The molecular weight excluding hydrogens is 273 g/mol. The van der Waals surface area contributed by atoms with Crippen molar-refractivity contribution in [3.8, 4) is 11.5 Å². The molecule has 0 amide bonds. The van der Waals surface area contributed by atoms with Gasteiger partial charge < -0.3 is 15.2 Å². The van der Waals surface area contributed by atoms with E-state index in [9.17, 15) is 22.0 Å². The normalized spacial score (nSPS) is 13.5. The summed E-state index contributed by atoms with van der Waals surface area (Å²) in [5.41, 5.74) is 4.72. The molecule has 3 nitrogen and oxygen atoms in total. The molecule has 0 aromatic heterocycles. The maximum atomic E-state index is 12.4. The summed E-state index contributed by atoms with van der Waals surface area (Å²) >= 11 is 0. The SMILES string of the molecule is CCOc1cc([C@@H](N)C(F)(F)F)ccc1OC(F)F. The molecule has 8 heteroatoms. The van der Waals surface area contributed by atoms with Crippen LogP contribution < -0.4 is 15.2 Å². The van der Waals surface area contributed by atoms with E-state index in [1.807, 2.05) is 0 Å². The molecule has 0 unspecified atom stereocenters. The van der Waals surface area contributed by atoms with Gasteiger partial charge >= 0.3 is 12.8 Å². The number of benzene rings is 1. The predicted octanol–water partition coefficient (Wildman–Crippen LogP) is 3.25. The standard InChI is InChI=1S/C11H12F5NO2/c1-2-18-8-5-6(9(17)11(14,15)16)3-4-7(8)19-10(12)13/h3-5,9-10H,2,17H2,1H3/t9-/m1/s1. The van der Waals surface area contributed by atoms with Crippen LogP contribution in [0.1, 0.15) is 18.5 Å². The smallest absolute Gasteiger partial charge is 0.407 e. The van der Waals surface area contributed by atoms with Gasteiger partial charge in [0.15, 0.2) is 11.5 Å². The number of hydrogen-bond acceptors (Lipinski definition) is 3. The van der Waals surface area contributed by atoms with Crippen molar-refractivity contribution >= 4 is 0 Å². The zero-order chi connectivity index (χ0) is 14.6. The van der Waals surface area contributed by atoms with Crippen LogP contribution in [-0.4, -0.2) is 19.4 Å². The first-order valence-electron chi connectivity index (χ1n) is 5.29. The minimum atomic E-state index is -4.63. The molecule has 0 bridgehead atoms. The average Bonchev–Trinajstić information content (AvgIpc) is 2.29. The highest BCUT2D eigenvalue weighted by Gasteiger charge is 2.38. The number of halogens is 5. The van der Waals surface area contributed by atoms with Gasteiger partial charge in [0.2, 0.25) is 0 Å².